The van der Waals surface area contributed by atoms with Gasteiger partial charge in [0.25, 0.3) is 5.69 Å². The zero-order chi connectivity index (χ0) is 18.7. The van der Waals surface area contributed by atoms with Crippen molar-refractivity contribution in [3.63, 3.8) is 0 Å². The van der Waals surface area contributed by atoms with E-state index in [1.165, 1.54) is 16.8 Å². The highest BCUT2D eigenvalue weighted by Gasteiger charge is 2.24. The van der Waals surface area contributed by atoms with Gasteiger partial charge >= 0.3 is 0 Å². The van der Waals surface area contributed by atoms with Crippen LogP contribution in [0, 0.1) is 24.0 Å². The van der Waals surface area contributed by atoms with Crippen molar-refractivity contribution >= 4 is 28.9 Å². The number of nitro benzene ring substituents is 1. The van der Waals surface area contributed by atoms with Gasteiger partial charge in [-0.1, -0.05) is 11.6 Å². The van der Waals surface area contributed by atoms with Crippen molar-refractivity contribution in [2.45, 2.75) is 33.7 Å². The first-order valence-corrected chi connectivity index (χ1v) is 8.07. The van der Waals surface area contributed by atoms with Crippen LogP contribution in [0.5, 0.6) is 5.75 Å². The number of nitrogens with one attached hydrogen (secondary N) is 1. The SMILES string of the molecule is CCOc1ccc(NC(=O)C(C)n2nc(C)c(Cl)c2C)c([N+](=O)[O-])c1. The van der Waals surface area contributed by atoms with Gasteiger partial charge in [0.2, 0.25) is 5.91 Å². The molecule has 8 nitrogen and oxygen atoms in total. The van der Waals surface area contributed by atoms with E-state index in [0.717, 1.165) is 0 Å². The predicted molar refractivity (Wildman–Crippen MR) is 94.3 cm³/mol. The number of anilines is 1. The third kappa shape index (κ3) is 3.90. The molecule has 1 atom stereocenters. The molecule has 0 radical (unpaired) electrons. The van der Waals surface area contributed by atoms with Crippen molar-refractivity contribution in [1.82, 2.24) is 9.78 Å². The van der Waals surface area contributed by atoms with Crippen molar-refractivity contribution in [2.75, 3.05) is 11.9 Å². The molecule has 134 valence electrons. The van der Waals surface area contributed by atoms with E-state index in [1.54, 1.807) is 33.8 Å². The van der Waals surface area contributed by atoms with Crippen molar-refractivity contribution in [2.24, 2.45) is 0 Å². The number of aromatic nitrogens is 2. The fraction of sp³-hybridized carbons (Fsp3) is 0.375. The second kappa shape index (κ2) is 7.52. The molecule has 1 aromatic heterocycles. The van der Waals surface area contributed by atoms with Crippen LogP contribution in [0.15, 0.2) is 18.2 Å². The maximum atomic E-state index is 12.5. The highest BCUT2D eigenvalue weighted by Crippen LogP contribution is 2.30. The molecule has 0 aliphatic heterocycles. The number of carbonyl (C=O) groups is 1. The van der Waals surface area contributed by atoms with E-state index in [9.17, 15) is 14.9 Å². The Kier molecular flexibility index (Phi) is 5.63. The lowest BCUT2D eigenvalue weighted by atomic mass is 10.2. The topological polar surface area (TPSA) is 99.3 Å². The van der Waals surface area contributed by atoms with E-state index < -0.39 is 16.9 Å². The van der Waals surface area contributed by atoms with Gasteiger partial charge in [0, 0.05) is 0 Å². The number of hydrogen-bond donors (Lipinski definition) is 1. The van der Waals surface area contributed by atoms with E-state index in [1.807, 2.05) is 0 Å². The van der Waals surface area contributed by atoms with Crippen LogP contribution in [-0.4, -0.2) is 27.2 Å². The average molecular weight is 367 g/mol. The van der Waals surface area contributed by atoms with Crippen LogP contribution in [0.25, 0.3) is 0 Å². The summed E-state index contributed by atoms with van der Waals surface area (Å²) in [7, 11) is 0. The molecule has 0 spiro atoms. The Hall–Kier alpha value is -2.61. The van der Waals surface area contributed by atoms with E-state index in [-0.39, 0.29) is 11.4 Å². The number of amides is 1. The normalized spacial score (nSPS) is 11.9. The van der Waals surface area contributed by atoms with Gasteiger partial charge < -0.3 is 10.1 Å². The molecule has 0 saturated heterocycles. The summed E-state index contributed by atoms with van der Waals surface area (Å²) in [6.07, 6.45) is 0. The van der Waals surface area contributed by atoms with Crippen LogP contribution in [0.2, 0.25) is 5.02 Å². The fourth-order valence-electron chi connectivity index (χ4n) is 2.39. The average Bonchev–Trinajstić information content (AvgIpc) is 2.83. The standard InChI is InChI=1S/C16H19ClN4O4/c1-5-25-12-6-7-13(14(8-12)21(23)24)18-16(22)11(4)20-10(3)15(17)9(2)19-20/h6-8,11H,5H2,1-4H3,(H,18,22). The second-order valence-corrected chi connectivity index (χ2v) is 5.84. The maximum absolute atomic E-state index is 12.5. The molecular weight excluding hydrogens is 348 g/mol. The first kappa shape index (κ1) is 18.7. The molecule has 25 heavy (non-hydrogen) atoms. The first-order valence-electron chi connectivity index (χ1n) is 7.69. The first-order chi connectivity index (χ1) is 11.8. The zero-order valence-corrected chi connectivity index (χ0v) is 15.1. The Bertz CT molecular complexity index is 819. The van der Waals surface area contributed by atoms with Crippen LogP contribution in [0.3, 0.4) is 0 Å². The highest BCUT2D eigenvalue weighted by molar-refractivity contribution is 6.31. The summed E-state index contributed by atoms with van der Waals surface area (Å²) in [5.41, 5.74) is 1.13. The summed E-state index contributed by atoms with van der Waals surface area (Å²) in [5, 5.41) is 18.6. The minimum Gasteiger partial charge on any atom is -0.494 e. The lowest BCUT2D eigenvalue weighted by Gasteiger charge is -2.15. The molecule has 1 unspecified atom stereocenters. The Labute approximate surface area is 149 Å². The number of ether oxygens (including phenoxy) is 1. The Morgan fingerprint density at radius 3 is 2.68 bits per heavy atom. The van der Waals surface area contributed by atoms with E-state index in [0.29, 0.717) is 28.8 Å². The molecule has 1 amide bonds. The van der Waals surface area contributed by atoms with E-state index in [4.69, 9.17) is 16.3 Å². The zero-order valence-electron chi connectivity index (χ0n) is 14.4. The number of nitro groups is 1. The van der Waals surface area contributed by atoms with Crippen LogP contribution >= 0.6 is 11.6 Å². The van der Waals surface area contributed by atoms with Gasteiger partial charge in [-0.05, 0) is 39.8 Å². The van der Waals surface area contributed by atoms with E-state index >= 15 is 0 Å². The lowest BCUT2D eigenvalue weighted by molar-refractivity contribution is -0.384. The Morgan fingerprint density at radius 2 is 2.16 bits per heavy atom. The largest absolute Gasteiger partial charge is 0.494 e. The van der Waals surface area contributed by atoms with Crippen molar-refractivity contribution in [3.05, 3.63) is 44.7 Å². The summed E-state index contributed by atoms with van der Waals surface area (Å²) in [4.78, 5) is 23.2. The third-order valence-corrected chi connectivity index (χ3v) is 4.26. The molecule has 0 aliphatic rings. The summed E-state index contributed by atoms with van der Waals surface area (Å²) < 4.78 is 6.75. The minimum atomic E-state index is -0.683. The number of benzene rings is 1. The van der Waals surface area contributed by atoms with Gasteiger partial charge in [0.15, 0.2) is 0 Å². The van der Waals surface area contributed by atoms with Gasteiger partial charge in [0.05, 0.1) is 34.0 Å². The Morgan fingerprint density at radius 1 is 1.48 bits per heavy atom. The lowest BCUT2D eigenvalue weighted by Crippen LogP contribution is -2.25. The smallest absolute Gasteiger partial charge is 0.296 e. The summed E-state index contributed by atoms with van der Waals surface area (Å²) >= 11 is 6.10. The fourth-order valence-corrected chi connectivity index (χ4v) is 2.52. The van der Waals surface area contributed by atoms with Gasteiger partial charge in [0.1, 0.15) is 17.5 Å². The molecule has 0 saturated carbocycles. The molecule has 0 fully saturated rings. The highest BCUT2D eigenvalue weighted by atomic mass is 35.5. The molecule has 9 heteroatoms. The van der Waals surface area contributed by atoms with Gasteiger partial charge in [-0.2, -0.15) is 5.10 Å². The third-order valence-electron chi connectivity index (χ3n) is 3.72. The molecule has 2 aromatic rings. The predicted octanol–water partition coefficient (Wildman–Crippen LogP) is 3.66. The summed E-state index contributed by atoms with van der Waals surface area (Å²) in [6.45, 7) is 7.31. The molecule has 0 aliphatic carbocycles. The quantitative estimate of drug-likeness (QED) is 0.621. The number of nitrogens with zero attached hydrogens (tertiary/aromatic N) is 3. The van der Waals surface area contributed by atoms with E-state index in [2.05, 4.69) is 10.4 Å². The van der Waals surface area contributed by atoms with Gasteiger partial charge in [-0.25, -0.2) is 0 Å². The van der Waals surface area contributed by atoms with Gasteiger partial charge in [-0.3, -0.25) is 19.6 Å². The van der Waals surface area contributed by atoms with Crippen molar-refractivity contribution in [1.29, 1.82) is 0 Å². The number of rotatable bonds is 6. The van der Waals surface area contributed by atoms with Crippen molar-refractivity contribution < 1.29 is 14.5 Å². The molecule has 1 N–H and O–H groups in total. The molecular formula is C16H19ClN4O4. The van der Waals surface area contributed by atoms with Crippen LogP contribution in [0.1, 0.15) is 31.3 Å². The second-order valence-electron chi connectivity index (χ2n) is 5.46. The summed E-state index contributed by atoms with van der Waals surface area (Å²) in [5.74, 6) is -0.0694. The van der Waals surface area contributed by atoms with Gasteiger partial charge in [-0.15, -0.1) is 0 Å². The maximum Gasteiger partial charge on any atom is 0.296 e. The van der Waals surface area contributed by atoms with Crippen LogP contribution < -0.4 is 10.1 Å². The Balaban J connectivity index is 2.27. The van der Waals surface area contributed by atoms with Crippen molar-refractivity contribution in [3.8, 4) is 5.75 Å². The number of hydrogen-bond acceptors (Lipinski definition) is 5. The number of aryl methyl sites for hydroxylation is 1. The molecule has 2 rings (SSSR count). The molecule has 1 heterocycles. The number of halogens is 1. The monoisotopic (exact) mass is 366 g/mol. The summed E-state index contributed by atoms with van der Waals surface area (Å²) in [6, 6.07) is 3.61. The minimum absolute atomic E-state index is 0.0953. The van der Waals surface area contributed by atoms with Crippen LogP contribution in [-0.2, 0) is 4.79 Å². The number of carbonyl (C=O) groups excluding carboxylic acids is 1. The molecule has 0 bridgehead atoms. The molecule has 1 aromatic carbocycles. The van der Waals surface area contributed by atoms with Crippen LogP contribution in [0.4, 0.5) is 11.4 Å².